The van der Waals surface area contributed by atoms with Crippen molar-refractivity contribution in [3.63, 3.8) is 0 Å². The van der Waals surface area contributed by atoms with Crippen LogP contribution in [-0.2, 0) is 11.2 Å². The number of likely N-dealkylation sites (tertiary alicyclic amines) is 1. The third-order valence-electron chi connectivity index (χ3n) is 3.47. The first-order chi connectivity index (χ1) is 8.69. The van der Waals surface area contributed by atoms with Gasteiger partial charge in [-0.3, -0.25) is 4.79 Å². The molecule has 1 aliphatic heterocycles. The lowest BCUT2D eigenvalue weighted by atomic mass is 9.98. The van der Waals surface area contributed by atoms with E-state index < -0.39 is 5.97 Å². The second-order valence-corrected chi connectivity index (χ2v) is 4.80. The summed E-state index contributed by atoms with van der Waals surface area (Å²) in [4.78, 5) is 17.3. The highest BCUT2D eigenvalue weighted by molar-refractivity contribution is 5.66. The van der Waals surface area contributed by atoms with Gasteiger partial charge in [-0.1, -0.05) is 6.92 Å². The minimum absolute atomic E-state index is 0.109. The van der Waals surface area contributed by atoms with E-state index in [0.29, 0.717) is 12.3 Å². The zero-order valence-electron chi connectivity index (χ0n) is 10.8. The number of hydrogen-bond acceptors (Lipinski definition) is 4. The van der Waals surface area contributed by atoms with Gasteiger partial charge in [0, 0.05) is 18.9 Å². The molecule has 1 N–H and O–H groups in total. The van der Waals surface area contributed by atoms with E-state index in [1.165, 1.54) is 6.42 Å². The minimum atomic E-state index is -0.797. The Kier molecular flexibility index (Phi) is 4.36. The SMILES string of the molecule is CCN1CCCC(c2nc(CCC(=O)O)co2)C1. The van der Waals surface area contributed by atoms with Gasteiger partial charge in [-0.05, 0) is 25.9 Å². The van der Waals surface area contributed by atoms with Crippen LogP contribution in [0.1, 0.15) is 43.7 Å². The number of aliphatic carboxylic acids is 1. The molecule has 0 spiro atoms. The van der Waals surface area contributed by atoms with Crippen molar-refractivity contribution in [3.8, 4) is 0 Å². The molecule has 5 heteroatoms. The Labute approximate surface area is 107 Å². The predicted octanol–water partition coefficient (Wildman–Crippen LogP) is 1.89. The van der Waals surface area contributed by atoms with Crippen LogP contribution in [0.2, 0.25) is 0 Å². The van der Waals surface area contributed by atoms with Crippen LogP contribution < -0.4 is 0 Å². The summed E-state index contributed by atoms with van der Waals surface area (Å²) in [5.74, 6) is 0.334. The van der Waals surface area contributed by atoms with Gasteiger partial charge in [0.1, 0.15) is 6.26 Å². The molecule has 2 heterocycles. The zero-order valence-corrected chi connectivity index (χ0v) is 10.8. The Balaban J connectivity index is 1.94. The lowest BCUT2D eigenvalue weighted by Crippen LogP contribution is -2.34. The van der Waals surface area contributed by atoms with Gasteiger partial charge in [-0.25, -0.2) is 4.98 Å². The van der Waals surface area contributed by atoms with Gasteiger partial charge in [0.25, 0.3) is 0 Å². The first-order valence-electron chi connectivity index (χ1n) is 6.57. The van der Waals surface area contributed by atoms with Crippen LogP contribution in [0.3, 0.4) is 0 Å². The van der Waals surface area contributed by atoms with Crippen molar-refractivity contribution in [2.45, 2.75) is 38.5 Å². The van der Waals surface area contributed by atoms with Crippen LogP contribution in [0.5, 0.6) is 0 Å². The van der Waals surface area contributed by atoms with Gasteiger partial charge in [0.05, 0.1) is 12.1 Å². The highest BCUT2D eigenvalue weighted by Crippen LogP contribution is 2.26. The summed E-state index contributed by atoms with van der Waals surface area (Å²) >= 11 is 0. The highest BCUT2D eigenvalue weighted by atomic mass is 16.4. The molecule has 1 saturated heterocycles. The summed E-state index contributed by atoms with van der Waals surface area (Å²) in [6, 6.07) is 0. The molecular formula is C13H20N2O3. The number of aryl methyl sites for hydroxylation is 1. The third-order valence-corrected chi connectivity index (χ3v) is 3.47. The van der Waals surface area contributed by atoms with Crippen LogP contribution in [0.15, 0.2) is 10.7 Å². The molecular weight excluding hydrogens is 232 g/mol. The standard InChI is InChI=1S/C13H20N2O3/c1-2-15-7-3-4-10(8-15)13-14-11(9-18-13)5-6-12(16)17/h9-10H,2-8H2,1H3,(H,16,17). The fraction of sp³-hybridized carbons (Fsp3) is 0.692. The Morgan fingerprint density at radius 3 is 3.22 bits per heavy atom. The van der Waals surface area contributed by atoms with E-state index in [2.05, 4.69) is 16.8 Å². The second-order valence-electron chi connectivity index (χ2n) is 4.80. The molecule has 5 nitrogen and oxygen atoms in total. The van der Waals surface area contributed by atoms with Gasteiger partial charge in [0.15, 0.2) is 5.89 Å². The number of likely N-dealkylation sites (N-methyl/N-ethyl adjacent to an activating group) is 1. The Bertz CT molecular complexity index is 403. The smallest absolute Gasteiger partial charge is 0.303 e. The predicted molar refractivity (Wildman–Crippen MR) is 66.5 cm³/mol. The maximum Gasteiger partial charge on any atom is 0.303 e. The number of oxazole rings is 1. The van der Waals surface area contributed by atoms with Gasteiger partial charge in [-0.15, -0.1) is 0 Å². The fourth-order valence-corrected chi connectivity index (χ4v) is 2.40. The van der Waals surface area contributed by atoms with E-state index in [4.69, 9.17) is 9.52 Å². The molecule has 1 aromatic rings. The summed E-state index contributed by atoms with van der Waals surface area (Å²) in [6.45, 7) is 5.37. The normalized spacial score (nSPS) is 21.1. The topological polar surface area (TPSA) is 66.6 Å². The van der Waals surface area contributed by atoms with Crippen molar-refractivity contribution in [2.24, 2.45) is 0 Å². The second kappa shape index (κ2) is 6.00. The number of hydrogen-bond donors (Lipinski definition) is 1. The van der Waals surface area contributed by atoms with Crippen LogP contribution in [0.4, 0.5) is 0 Å². The van der Waals surface area contributed by atoms with E-state index in [1.807, 2.05) is 0 Å². The molecule has 0 radical (unpaired) electrons. The van der Waals surface area contributed by atoms with E-state index in [1.54, 1.807) is 6.26 Å². The number of rotatable bonds is 5. The zero-order chi connectivity index (χ0) is 13.0. The summed E-state index contributed by atoms with van der Waals surface area (Å²) < 4.78 is 5.50. The van der Waals surface area contributed by atoms with Crippen LogP contribution in [0, 0.1) is 0 Å². The summed E-state index contributed by atoms with van der Waals surface area (Å²) in [5.41, 5.74) is 0.751. The molecule has 0 aromatic carbocycles. The monoisotopic (exact) mass is 252 g/mol. The largest absolute Gasteiger partial charge is 0.481 e. The number of piperidine rings is 1. The van der Waals surface area contributed by atoms with E-state index in [0.717, 1.165) is 37.6 Å². The maximum absolute atomic E-state index is 10.5. The molecule has 0 amide bonds. The summed E-state index contributed by atoms with van der Waals surface area (Å²) in [5, 5.41) is 8.63. The number of aromatic nitrogens is 1. The van der Waals surface area contributed by atoms with Crippen LogP contribution in [-0.4, -0.2) is 40.6 Å². The minimum Gasteiger partial charge on any atom is -0.481 e. The van der Waals surface area contributed by atoms with Crippen molar-refractivity contribution in [2.75, 3.05) is 19.6 Å². The number of carboxylic acid groups (broad SMARTS) is 1. The summed E-state index contributed by atoms with van der Waals surface area (Å²) in [6.07, 6.45) is 4.44. The summed E-state index contributed by atoms with van der Waals surface area (Å²) in [7, 11) is 0. The number of carboxylic acids is 1. The van der Waals surface area contributed by atoms with Crippen molar-refractivity contribution in [1.82, 2.24) is 9.88 Å². The molecule has 1 fully saturated rings. The molecule has 0 saturated carbocycles. The highest BCUT2D eigenvalue weighted by Gasteiger charge is 2.24. The van der Waals surface area contributed by atoms with Crippen molar-refractivity contribution in [1.29, 1.82) is 0 Å². The molecule has 0 aliphatic carbocycles. The van der Waals surface area contributed by atoms with Gasteiger partial charge >= 0.3 is 5.97 Å². The molecule has 1 atom stereocenters. The Morgan fingerprint density at radius 1 is 1.67 bits per heavy atom. The van der Waals surface area contributed by atoms with Crippen LogP contribution >= 0.6 is 0 Å². The van der Waals surface area contributed by atoms with E-state index in [-0.39, 0.29) is 6.42 Å². The van der Waals surface area contributed by atoms with Gasteiger partial charge in [0.2, 0.25) is 0 Å². The van der Waals surface area contributed by atoms with Gasteiger partial charge in [-0.2, -0.15) is 0 Å². The van der Waals surface area contributed by atoms with Crippen molar-refractivity contribution in [3.05, 3.63) is 17.8 Å². The number of carbonyl (C=O) groups is 1. The number of nitrogens with zero attached hydrogens (tertiary/aromatic N) is 2. The molecule has 1 unspecified atom stereocenters. The lowest BCUT2D eigenvalue weighted by molar-refractivity contribution is -0.136. The quantitative estimate of drug-likeness (QED) is 0.866. The Morgan fingerprint density at radius 2 is 2.50 bits per heavy atom. The Hall–Kier alpha value is -1.36. The molecule has 18 heavy (non-hydrogen) atoms. The van der Waals surface area contributed by atoms with E-state index >= 15 is 0 Å². The fourth-order valence-electron chi connectivity index (χ4n) is 2.40. The third kappa shape index (κ3) is 3.32. The molecule has 1 aliphatic rings. The first-order valence-corrected chi connectivity index (χ1v) is 6.57. The molecule has 2 rings (SSSR count). The van der Waals surface area contributed by atoms with Gasteiger partial charge < -0.3 is 14.4 Å². The molecule has 0 bridgehead atoms. The first kappa shape index (κ1) is 13.1. The molecule has 100 valence electrons. The lowest BCUT2D eigenvalue weighted by Gasteiger charge is -2.29. The van der Waals surface area contributed by atoms with Crippen molar-refractivity contribution >= 4 is 5.97 Å². The average molecular weight is 252 g/mol. The van der Waals surface area contributed by atoms with Crippen molar-refractivity contribution < 1.29 is 14.3 Å². The maximum atomic E-state index is 10.5. The van der Waals surface area contributed by atoms with E-state index in [9.17, 15) is 4.79 Å². The molecule has 1 aromatic heterocycles. The van der Waals surface area contributed by atoms with Crippen LogP contribution in [0.25, 0.3) is 0 Å². The average Bonchev–Trinajstić information content (AvgIpc) is 2.85.